The van der Waals surface area contributed by atoms with Gasteiger partial charge < -0.3 is 15.1 Å². The molecule has 1 aromatic carbocycles. The zero-order chi connectivity index (χ0) is 23.1. The number of rotatable bonds is 10. The number of allylic oxidation sites excluding steroid dienone is 1. The number of non-ortho nitro benzene ring substituents is 1. The molecule has 2 aliphatic heterocycles. The lowest BCUT2D eigenvalue weighted by Crippen LogP contribution is -2.46. The van der Waals surface area contributed by atoms with Crippen LogP contribution in [0.1, 0.15) is 51.0 Å². The van der Waals surface area contributed by atoms with Crippen molar-refractivity contribution >= 4 is 24.2 Å². The van der Waals surface area contributed by atoms with Crippen molar-refractivity contribution in [3.8, 4) is 0 Å². The number of aliphatic imine (C=N–C) groups is 1. The second kappa shape index (κ2) is 11.0. The van der Waals surface area contributed by atoms with Crippen LogP contribution in [0.15, 0.2) is 40.7 Å². The summed E-state index contributed by atoms with van der Waals surface area (Å²) in [6.45, 7) is 7.36. The number of likely N-dealkylation sites (tertiary alicyclic amines) is 1. The van der Waals surface area contributed by atoms with Crippen molar-refractivity contribution in [3.05, 3.63) is 51.3 Å². The largest absolute Gasteiger partial charge is 0.350 e. The van der Waals surface area contributed by atoms with Crippen LogP contribution in [0.25, 0.3) is 0 Å². The van der Waals surface area contributed by atoms with E-state index in [-0.39, 0.29) is 11.6 Å². The average molecular weight is 442 g/mol. The van der Waals surface area contributed by atoms with E-state index in [0.717, 1.165) is 49.4 Å². The van der Waals surface area contributed by atoms with Gasteiger partial charge in [-0.1, -0.05) is 18.6 Å². The van der Waals surface area contributed by atoms with Gasteiger partial charge in [0.25, 0.3) is 5.69 Å². The lowest BCUT2D eigenvalue weighted by molar-refractivity contribution is -0.384. The van der Waals surface area contributed by atoms with Gasteiger partial charge in [-0.25, -0.2) is 0 Å². The number of amides is 2. The van der Waals surface area contributed by atoms with Gasteiger partial charge in [0.2, 0.25) is 12.8 Å². The molecule has 32 heavy (non-hydrogen) atoms. The zero-order valence-corrected chi connectivity index (χ0v) is 18.7. The molecule has 1 fully saturated rings. The number of nitro benzene ring substituents is 1. The van der Waals surface area contributed by atoms with Gasteiger partial charge in [0.1, 0.15) is 0 Å². The number of nitro groups is 1. The topological polar surface area (TPSA) is 108 Å². The molecule has 1 N–H and O–H groups in total. The number of piperidine rings is 1. The highest BCUT2D eigenvalue weighted by molar-refractivity contribution is 5.92. The molecular formula is C23H31N5O4. The highest BCUT2D eigenvalue weighted by Crippen LogP contribution is 2.37. The van der Waals surface area contributed by atoms with Crippen LogP contribution in [0.2, 0.25) is 0 Å². The number of nitrogens with one attached hydrogen (secondary N) is 1. The minimum absolute atomic E-state index is 0.00845. The number of carbonyl (C=O) groups excluding carboxylic acids is 2. The summed E-state index contributed by atoms with van der Waals surface area (Å²) >= 11 is 0. The number of benzene rings is 1. The minimum Gasteiger partial charge on any atom is -0.350 e. The fraction of sp³-hybridized carbons (Fsp3) is 0.522. The van der Waals surface area contributed by atoms with Crippen LogP contribution in [0, 0.1) is 10.1 Å². The van der Waals surface area contributed by atoms with E-state index in [9.17, 15) is 19.7 Å². The van der Waals surface area contributed by atoms with Gasteiger partial charge in [-0.3, -0.25) is 24.7 Å². The van der Waals surface area contributed by atoms with E-state index in [1.54, 1.807) is 17.0 Å². The van der Waals surface area contributed by atoms with Crippen LogP contribution in [0.4, 0.5) is 5.69 Å². The van der Waals surface area contributed by atoms with Gasteiger partial charge in [0, 0.05) is 24.4 Å². The molecule has 3 rings (SSSR count). The van der Waals surface area contributed by atoms with Crippen molar-refractivity contribution in [2.24, 2.45) is 4.99 Å². The summed E-state index contributed by atoms with van der Waals surface area (Å²) in [5.74, 6) is -0.376. The summed E-state index contributed by atoms with van der Waals surface area (Å²) in [5, 5.41) is 13.9. The second-order valence-electron chi connectivity index (χ2n) is 8.37. The lowest BCUT2D eigenvalue weighted by atomic mass is 9.82. The molecule has 1 aromatic rings. The normalized spacial score (nSPS) is 21.6. The van der Waals surface area contributed by atoms with Gasteiger partial charge in [-0.2, -0.15) is 0 Å². The number of hydrogen-bond acceptors (Lipinski definition) is 6. The molecule has 9 heteroatoms. The highest BCUT2D eigenvalue weighted by atomic mass is 16.6. The van der Waals surface area contributed by atoms with Crippen LogP contribution in [-0.4, -0.2) is 65.5 Å². The van der Waals surface area contributed by atoms with E-state index >= 15 is 0 Å². The Morgan fingerprint density at radius 1 is 1.19 bits per heavy atom. The fourth-order valence-electron chi connectivity index (χ4n) is 4.72. The predicted molar refractivity (Wildman–Crippen MR) is 122 cm³/mol. The minimum atomic E-state index is -0.447. The molecule has 2 atom stereocenters. The van der Waals surface area contributed by atoms with Crippen molar-refractivity contribution in [1.82, 2.24) is 15.1 Å². The zero-order valence-electron chi connectivity index (χ0n) is 18.7. The summed E-state index contributed by atoms with van der Waals surface area (Å²) in [7, 11) is 0. The Labute approximate surface area is 188 Å². The molecule has 0 aliphatic carbocycles. The van der Waals surface area contributed by atoms with E-state index in [2.05, 4.69) is 15.2 Å². The third kappa shape index (κ3) is 5.40. The molecule has 2 heterocycles. The summed E-state index contributed by atoms with van der Waals surface area (Å²) in [4.78, 5) is 42.9. The third-order valence-electron chi connectivity index (χ3n) is 6.26. The first kappa shape index (κ1) is 23.6. The van der Waals surface area contributed by atoms with Gasteiger partial charge in [-0.05, 0) is 58.3 Å². The van der Waals surface area contributed by atoms with E-state index in [4.69, 9.17) is 0 Å². The maximum atomic E-state index is 12.1. The quantitative estimate of drug-likeness (QED) is 0.341. The molecule has 172 valence electrons. The molecule has 0 saturated carbocycles. The highest BCUT2D eigenvalue weighted by Gasteiger charge is 2.36. The Bertz CT molecular complexity index is 890. The molecule has 0 radical (unpaired) electrons. The molecule has 2 unspecified atom stereocenters. The van der Waals surface area contributed by atoms with Crippen LogP contribution in [0.5, 0.6) is 0 Å². The summed E-state index contributed by atoms with van der Waals surface area (Å²) in [6, 6.07) is 5.82. The number of nitrogens with zero attached hydrogens (tertiary/aromatic N) is 4. The molecule has 9 nitrogen and oxygen atoms in total. The van der Waals surface area contributed by atoms with Gasteiger partial charge in [-0.15, -0.1) is 0 Å². The second-order valence-corrected chi connectivity index (χ2v) is 8.37. The first-order valence-corrected chi connectivity index (χ1v) is 11.1. The van der Waals surface area contributed by atoms with Crippen LogP contribution >= 0.6 is 0 Å². The molecule has 0 aromatic heterocycles. The molecule has 0 bridgehead atoms. The van der Waals surface area contributed by atoms with Crippen LogP contribution in [-0.2, 0) is 9.59 Å². The van der Waals surface area contributed by atoms with E-state index < -0.39 is 11.0 Å². The number of carbonyl (C=O) groups is 2. The van der Waals surface area contributed by atoms with Gasteiger partial charge in [0.05, 0.1) is 28.3 Å². The Morgan fingerprint density at radius 3 is 2.47 bits per heavy atom. The SMILES string of the molecule is CC1=NC(C)=C(N(C=O)CCCN2CCCCC2)C(c2ccc([N+](=O)[O-])cc2)C1NC=O. The molecule has 2 aliphatic rings. The van der Waals surface area contributed by atoms with Crippen molar-refractivity contribution in [2.75, 3.05) is 26.2 Å². The van der Waals surface area contributed by atoms with Crippen molar-refractivity contribution < 1.29 is 14.5 Å². The number of hydrogen-bond donors (Lipinski definition) is 1. The first-order chi connectivity index (χ1) is 15.5. The lowest BCUT2D eigenvalue weighted by Gasteiger charge is -2.37. The summed E-state index contributed by atoms with van der Waals surface area (Å²) in [6.07, 6.45) is 6.00. The van der Waals surface area contributed by atoms with E-state index in [1.165, 1.54) is 31.4 Å². The Kier molecular flexibility index (Phi) is 8.10. The van der Waals surface area contributed by atoms with Crippen molar-refractivity contribution in [3.63, 3.8) is 0 Å². The van der Waals surface area contributed by atoms with Crippen molar-refractivity contribution in [1.29, 1.82) is 0 Å². The molecule has 0 spiro atoms. The van der Waals surface area contributed by atoms with Crippen molar-refractivity contribution in [2.45, 2.75) is 51.5 Å². The van der Waals surface area contributed by atoms with Crippen LogP contribution in [0.3, 0.4) is 0 Å². The average Bonchev–Trinajstić information content (AvgIpc) is 2.79. The maximum Gasteiger partial charge on any atom is 0.269 e. The van der Waals surface area contributed by atoms with Crippen LogP contribution < -0.4 is 5.32 Å². The van der Waals surface area contributed by atoms with Gasteiger partial charge in [0.15, 0.2) is 0 Å². The first-order valence-electron chi connectivity index (χ1n) is 11.1. The predicted octanol–water partition coefficient (Wildman–Crippen LogP) is 2.83. The summed E-state index contributed by atoms with van der Waals surface area (Å²) < 4.78 is 0. The van der Waals surface area contributed by atoms with Gasteiger partial charge >= 0.3 is 0 Å². The fourth-order valence-corrected chi connectivity index (χ4v) is 4.72. The monoisotopic (exact) mass is 441 g/mol. The Hall–Kier alpha value is -3.07. The van der Waals surface area contributed by atoms with E-state index in [1.807, 2.05) is 13.8 Å². The summed E-state index contributed by atoms with van der Waals surface area (Å²) in [5.41, 5.74) is 2.92. The third-order valence-corrected chi connectivity index (χ3v) is 6.26. The molecule has 1 saturated heterocycles. The Morgan fingerprint density at radius 2 is 1.88 bits per heavy atom. The maximum absolute atomic E-state index is 12.1. The molecular weight excluding hydrogens is 410 g/mol. The smallest absolute Gasteiger partial charge is 0.269 e. The van der Waals surface area contributed by atoms with E-state index in [0.29, 0.717) is 18.7 Å². The molecule has 2 amide bonds. The Balaban J connectivity index is 1.88. The standard InChI is InChI=1S/C23H31N5O4/c1-17-22(24-15-29)21(19-7-9-20(10-8-19)28(31)32)23(18(2)25-17)27(16-30)14-6-13-26-11-4-3-5-12-26/h7-10,15-16,21-22H,3-6,11-14H2,1-2H3,(H,24,29).